The Labute approximate surface area is 804 Å². The molecule has 9 N–H and O–H groups in total. The number of aliphatic hydroxyl groups is 1. The van der Waals surface area contributed by atoms with E-state index in [0.717, 1.165) is 58.2 Å². The SMILES string of the molecule is CC(=O)NC1C(OCCCCC(=O)NCCCC(=O)NCCCN(CCCCN(CCCNC(=O)CCCNC(=O)CCCCOC2OC(COC(C)=O)C(OC(C)=O)C(OC(C)=O)C2NC(C)=O)C(c2ccccc2)(c2ccccc2)c2ccccc2)C(=O)CCCNC(=O)CCCCOC2OC(COC(C)=O)C(OC(C)=O)C(OC(C)=O)C2NC(C)=O)OC(CO)C(OC(C)=O)C1OC(C)=O. The van der Waals surface area contributed by atoms with Crippen molar-refractivity contribution in [1.29, 1.82) is 0 Å². The molecule has 9 amide bonds. The van der Waals surface area contributed by atoms with E-state index in [1.807, 2.05) is 54.6 Å². The minimum absolute atomic E-state index is 0.0144. The molecule has 3 aromatic carbocycles. The first-order chi connectivity index (χ1) is 66.0. The Morgan fingerprint density at radius 2 is 0.580 bits per heavy atom. The van der Waals surface area contributed by atoms with Crippen LogP contribution >= 0.6 is 0 Å². The molecule has 3 heterocycles. The largest absolute Gasteiger partial charge is 0.463 e. The first kappa shape index (κ1) is 115. The summed E-state index contributed by atoms with van der Waals surface area (Å²) in [7, 11) is 0. The third kappa shape index (κ3) is 41.2. The van der Waals surface area contributed by atoms with Gasteiger partial charge in [0, 0.05) is 187 Å². The molecule has 0 bridgehead atoms. The summed E-state index contributed by atoms with van der Waals surface area (Å²) in [6.07, 6.45) is -9.51. The number of unbranched alkanes of at least 4 members (excludes halogenated alkanes) is 4. The third-order valence-corrected chi connectivity index (χ3v) is 22.2. The van der Waals surface area contributed by atoms with Gasteiger partial charge in [-0.1, -0.05) is 91.0 Å². The second-order valence-corrected chi connectivity index (χ2v) is 33.7. The smallest absolute Gasteiger partial charge is 0.303 e. The number of hydrogen-bond acceptors (Lipinski definition) is 33. The van der Waals surface area contributed by atoms with E-state index >= 15 is 0 Å². The lowest BCUT2D eigenvalue weighted by molar-refractivity contribution is -0.277. The molecular formula is C96H140N10O32. The van der Waals surface area contributed by atoms with Crippen LogP contribution in [0.3, 0.4) is 0 Å². The number of nitrogens with one attached hydrogen (secondary N) is 8. The van der Waals surface area contributed by atoms with Crippen molar-refractivity contribution in [2.24, 2.45) is 0 Å². The van der Waals surface area contributed by atoms with Crippen LogP contribution in [0.5, 0.6) is 0 Å². The number of carbonyl (C=O) groups is 17. The molecule has 0 radical (unpaired) electrons. The Morgan fingerprint density at radius 1 is 0.312 bits per heavy atom. The van der Waals surface area contributed by atoms with Crippen molar-refractivity contribution in [2.75, 3.05) is 98.5 Å². The maximum atomic E-state index is 14.5. The Balaban J connectivity index is 1.06. The van der Waals surface area contributed by atoms with Gasteiger partial charge in [-0.05, 0) is 107 Å². The van der Waals surface area contributed by atoms with E-state index in [2.05, 4.69) is 83.8 Å². The number of rotatable bonds is 61. The van der Waals surface area contributed by atoms with Gasteiger partial charge in [0.15, 0.2) is 55.5 Å². The predicted molar refractivity (Wildman–Crippen MR) is 490 cm³/mol. The molecule has 3 aromatic rings. The maximum Gasteiger partial charge on any atom is 0.303 e. The highest BCUT2D eigenvalue weighted by Gasteiger charge is 2.55. The molecule has 15 atom stereocenters. The van der Waals surface area contributed by atoms with E-state index in [-0.39, 0.29) is 133 Å². The number of ether oxygens (including phenoxy) is 14. The van der Waals surface area contributed by atoms with Crippen LogP contribution in [0.2, 0.25) is 0 Å². The highest BCUT2D eigenvalue weighted by atomic mass is 16.7. The molecule has 0 saturated carbocycles. The molecule has 766 valence electrons. The summed E-state index contributed by atoms with van der Waals surface area (Å²) in [5.74, 6) is -8.96. The second kappa shape index (κ2) is 62.3. The van der Waals surface area contributed by atoms with Crippen LogP contribution in [0, 0.1) is 0 Å². The monoisotopic (exact) mass is 1940 g/mol. The van der Waals surface area contributed by atoms with Crippen molar-refractivity contribution in [3.8, 4) is 0 Å². The number of esters is 8. The zero-order chi connectivity index (χ0) is 101. The first-order valence-corrected chi connectivity index (χ1v) is 47.1. The number of aliphatic hydroxyl groups excluding tert-OH is 1. The second-order valence-electron chi connectivity index (χ2n) is 33.7. The van der Waals surface area contributed by atoms with Crippen molar-refractivity contribution in [3.63, 3.8) is 0 Å². The zero-order valence-corrected chi connectivity index (χ0v) is 80.9. The standard InChI is InChI=1S/C96H140N10O32/c1-61(108)102-84-90(133-69(9)116)87(130-66(6)113)75(58-107)136-93(84)125-55-26-21-40-78(119)97-46-29-43-81(122)100-49-32-52-105(83(124)45-31-48-99-80(121)42-23-28-57-127-95-86(104-63(3)110)92(135-71(11)118)89(132-68(8)115)77(138-95)60-129-65(5)112)51-24-25-53-106(96(72-34-15-12-16-35-72,73-36-17-13-18-37-73)74-38-19-14-20-39-74)54-33-50-101-82(123)44-30-47-98-79(120)41-22-27-56-126-94-85(103-62(2)109)91(134-70(10)117)88(131-67(7)114)76(137-94)59-128-64(4)111/h12-20,34-39,75-77,84-95,107H,21-33,40-60H2,1-11H3,(H,97,119)(H,98,120)(H,99,121)(H,100,122)(H,101,123)(H,102,108)(H,103,109)(H,104,110). The molecule has 6 rings (SSSR count). The van der Waals surface area contributed by atoms with Crippen LogP contribution in [0.4, 0.5) is 0 Å². The van der Waals surface area contributed by atoms with Crippen molar-refractivity contribution in [2.45, 2.75) is 296 Å². The lowest BCUT2D eigenvalue weighted by Gasteiger charge is -2.46. The Hall–Kier alpha value is -11.7. The number of benzene rings is 3. The summed E-state index contributed by atoms with van der Waals surface area (Å²) in [5.41, 5.74) is 2.09. The van der Waals surface area contributed by atoms with Crippen LogP contribution < -0.4 is 42.5 Å². The number of nitrogens with zero attached hydrogens (tertiary/aromatic N) is 2. The van der Waals surface area contributed by atoms with E-state index in [4.69, 9.17) is 66.3 Å². The molecular weight excluding hydrogens is 1810 g/mol. The lowest BCUT2D eigenvalue weighted by atomic mass is 9.75. The fraction of sp³-hybridized carbons (Fsp3) is 0.635. The van der Waals surface area contributed by atoms with E-state index in [9.17, 15) is 86.6 Å². The molecule has 3 fully saturated rings. The van der Waals surface area contributed by atoms with Gasteiger partial charge < -0.3 is 119 Å². The highest BCUT2D eigenvalue weighted by Crippen LogP contribution is 2.43. The average molecular weight is 1950 g/mol. The van der Waals surface area contributed by atoms with E-state index < -0.39 is 183 Å². The summed E-state index contributed by atoms with van der Waals surface area (Å²) in [4.78, 5) is 219. The Morgan fingerprint density at radius 3 is 0.891 bits per heavy atom. The summed E-state index contributed by atoms with van der Waals surface area (Å²) in [6.45, 7) is 14.0. The predicted octanol–water partition coefficient (Wildman–Crippen LogP) is 3.55. The third-order valence-electron chi connectivity index (χ3n) is 22.2. The molecule has 0 spiro atoms. The van der Waals surface area contributed by atoms with Gasteiger partial charge in [-0.2, -0.15) is 0 Å². The fourth-order valence-electron chi connectivity index (χ4n) is 16.4. The minimum atomic E-state index is -1.32. The van der Waals surface area contributed by atoms with Gasteiger partial charge >= 0.3 is 47.8 Å². The Kier molecular flexibility index (Phi) is 51.9. The van der Waals surface area contributed by atoms with Crippen LogP contribution in [-0.4, -0.2) is 306 Å². The van der Waals surface area contributed by atoms with Gasteiger partial charge in [0.25, 0.3) is 0 Å². The molecule has 42 nitrogen and oxygen atoms in total. The van der Waals surface area contributed by atoms with E-state index in [0.29, 0.717) is 103 Å². The van der Waals surface area contributed by atoms with Gasteiger partial charge in [-0.15, -0.1) is 0 Å². The van der Waals surface area contributed by atoms with Gasteiger partial charge in [-0.25, -0.2) is 0 Å². The first-order valence-electron chi connectivity index (χ1n) is 47.1. The summed E-state index contributed by atoms with van der Waals surface area (Å²) in [6, 6.07) is 27.0. The van der Waals surface area contributed by atoms with Crippen molar-refractivity contribution in [3.05, 3.63) is 108 Å². The molecule has 3 aliphatic heterocycles. The number of hydrogen-bond donors (Lipinski definition) is 9. The quantitative estimate of drug-likeness (QED) is 0.0169. The number of carbonyl (C=O) groups excluding carboxylic acids is 17. The normalized spacial score (nSPS) is 21.1. The molecule has 15 unspecified atom stereocenters. The van der Waals surface area contributed by atoms with Crippen LogP contribution in [-0.2, 0) is 153 Å². The molecule has 0 aromatic heterocycles. The van der Waals surface area contributed by atoms with Gasteiger partial charge in [0.2, 0.25) is 53.2 Å². The van der Waals surface area contributed by atoms with Crippen molar-refractivity contribution >= 4 is 101 Å². The van der Waals surface area contributed by atoms with Crippen molar-refractivity contribution in [1.82, 2.24) is 52.3 Å². The summed E-state index contributed by atoms with van der Waals surface area (Å²) >= 11 is 0. The molecule has 0 aliphatic carbocycles. The zero-order valence-electron chi connectivity index (χ0n) is 80.9. The highest BCUT2D eigenvalue weighted by molar-refractivity contribution is 5.80. The van der Waals surface area contributed by atoms with E-state index in [1.165, 1.54) is 34.6 Å². The summed E-state index contributed by atoms with van der Waals surface area (Å²) < 4.78 is 79.3. The molecule has 3 aliphatic rings. The maximum absolute atomic E-state index is 14.5. The topological polar surface area (TPSA) is 542 Å². The fourth-order valence-corrected chi connectivity index (χ4v) is 16.4. The Bertz CT molecular complexity index is 4290. The molecule has 3 saturated heterocycles. The molecule has 42 heteroatoms. The van der Waals surface area contributed by atoms with Crippen LogP contribution in [0.1, 0.15) is 215 Å². The van der Waals surface area contributed by atoms with Crippen molar-refractivity contribution < 1.29 is 153 Å². The van der Waals surface area contributed by atoms with E-state index in [1.54, 1.807) is 4.90 Å². The number of amides is 9. The summed E-state index contributed by atoms with van der Waals surface area (Å²) in [5, 5.41) is 32.7. The van der Waals surface area contributed by atoms with Gasteiger partial charge in [-0.3, -0.25) is 86.4 Å². The van der Waals surface area contributed by atoms with Gasteiger partial charge in [0.1, 0.15) is 49.7 Å². The van der Waals surface area contributed by atoms with Crippen LogP contribution in [0.15, 0.2) is 91.0 Å². The molecule has 138 heavy (non-hydrogen) atoms. The van der Waals surface area contributed by atoms with Gasteiger partial charge in [0.05, 0.1) is 12.1 Å². The van der Waals surface area contributed by atoms with Crippen LogP contribution in [0.25, 0.3) is 0 Å². The lowest BCUT2D eigenvalue weighted by Crippen LogP contribution is -2.66. The minimum Gasteiger partial charge on any atom is -0.463 e. The average Bonchev–Trinajstić information content (AvgIpc) is 0.730.